The van der Waals surface area contributed by atoms with Crippen LogP contribution in [0.5, 0.6) is 0 Å². The number of hydrogen-bond acceptors (Lipinski definition) is 0. The lowest BCUT2D eigenvalue weighted by Gasteiger charge is -2.44. The van der Waals surface area contributed by atoms with Gasteiger partial charge in [0.25, 0.3) is 0 Å². The highest BCUT2D eigenvalue weighted by Gasteiger charge is 2.45. The van der Waals surface area contributed by atoms with Crippen LogP contribution < -0.4 is 0 Å². The molecule has 1 aromatic heterocycles. The number of aryl methyl sites for hydroxylation is 1. The minimum absolute atomic E-state index is 0.734. The summed E-state index contributed by atoms with van der Waals surface area (Å²) in [6, 6.07) is 8.90. The molecular formula is C18H29NSi. The topological polar surface area (TPSA) is 4.93 Å². The fourth-order valence-electron chi connectivity index (χ4n) is 4.50. The van der Waals surface area contributed by atoms with Gasteiger partial charge in [-0.25, -0.2) is 0 Å². The molecule has 20 heavy (non-hydrogen) atoms. The van der Waals surface area contributed by atoms with E-state index in [0.29, 0.717) is 0 Å². The average molecular weight is 288 g/mol. The van der Waals surface area contributed by atoms with E-state index < -0.39 is 8.24 Å². The summed E-state index contributed by atoms with van der Waals surface area (Å²) >= 11 is 0. The highest BCUT2D eigenvalue weighted by atomic mass is 28.3. The molecule has 0 amide bonds. The molecular weight excluding hydrogens is 258 g/mol. The van der Waals surface area contributed by atoms with E-state index in [0.717, 1.165) is 16.6 Å². The third kappa shape index (κ3) is 2.05. The van der Waals surface area contributed by atoms with Crippen molar-refractivity contribution in [3.63, 3.8) is 0 Å². The predicted molar refractivity (Wildman–Crippen MR) is 93.1 cm³/mol. The first-order valence-electron chi connectivity index (χ1n) is 7.90. The first-order valence-corrected chi connectivity index (χ1v) is 10.1. The molecule has 1 aromatic carbocycles. The molecule has 2 heteroatoms. The van der Waals surface area contributed by atoms with Gasteiger partial charge in [-0.3, -0.25) is 0 Å². The summed E-state index contributed by atoms with van der Waals surface area (Å²) in [5, 5.41) is 1.42. The maximum absolute atomic E-state index is 2.71. The van der Waals surface area contributed by atoms with Crippen LogP contribution in [0.15, 0.2) is 30.5 Å². The van der Waals surface area contributed by atoms with Crippen LogP contribution in [-0.4, -0.2) is 12.5 Å². The summed E-state index contributed by atoms with van der Waals surface area (Å²) in [5.41, 5.74) is 5.06. The first kappa shape index (κ1) is 15.4. The molecule has 0 spiro atoms. The Labute approximate surface area is 125 Å². The first-order chi connectivity index (χ1) is 9.33. The average Bonchev–Trinajstić information content (AvgIpc) is 2.67. The largest absolute Gasteiger partial charge is 0.373 e. The van der Waals surface area contributed by atoms with Crippen molar-refractivity contribution in [3.8, 4) is 0 Å². The molecule has 0 radical (unpaired) electrons. The van der Waals surface area contributed by atoms with Gasteiger partial charge in [0.2, 0.25) is 0 Å². The summed E-state index contributed by atoms with van der Waals surface area (Å²) in [6.07, 6.45) is 2.43. The summed E-state index contributed by atoms with van der Waals surface area (Å²) in [7, 11) is -1.63. The number of benzene rings is 1. The monoisotopic (exact) mass is 287 g/mol. The summed E-state index contributed by atoms with van der Waals surface area (Å²) in [6.45, 7) is 16.8. The number of para-hydroxylation sites is 1. The van der Waals surface area contributed by atoms with Gasteiger partial charge in [0.05, 0.1) is 0 Å². The molecule has 110 valence electrons. The number of hydrogen-bond donors (Lipinski definition) is 0. The molecule has 0 fully saturated rings. The van der Waals surface area contributed by atoms with E-state index in [1.165, 1.54) is 16.5 Å². The summed E-state index contributed by atoms with van der Waals surface area (Å²) in [5.74, 6) is 0. The van der Waals surface area contributed by atoms with Crippen molar-refractivity contribution in [2.24, 2.45) is 0 Å². The van der Waals surface area contributed by atoms with E-state index in [4.69, 9.17) is 0 Å². The summed E-state index contributed by atoms with van der Waals surface area (Å²) in [4.78, 5) is 0. The molecule has 0 saturated heterocycles. The van der Waals surface area contributed by atoms with Gasteiger partial charge >= 0.3 is 0 Å². The van der Waals surface area contributed by atoms with Crippen LogP contribution in [0.2, 0.25) is 16.6 Å². The highest BCUT2D eigenvalue weighted by molar-refractivity contribution is 6.82. The van der Waals surface area contributed by atoms with E-state index >= 15 is 0 Å². The fraction of sp³-hybridized carbons (Fsp3) is 0.556. The second-order valence-corrected chi connectivity index (χ2v) is 12.8. The Bertz CT molecular complexity index is 571. The molecule has 0 N–H and O–H groups in total. The molecule has 0 unspecified atom stereocenters. The lowest BCUT2D eigenvalue weighted by molar-refractivity contribution is 0.772. The molecule has 1 nitrogen and oxygen atoms in total. The molecule has 0 atom stereocenters. The maximum Gasteiger partial charge on any atom is 0.169 e. The van der Waals surface area contributed by atoms with Crippen LogP contribution in [0.3, 0.4) is 0 Å². The second kappa shape index (κ2) is 5.40. The van der Waals surface area contributed by atoms with E-state index in [9.17, 15) is 0 Å². The minimum Gasteiger partial charge on any atom is -0.373 e. The SMILES string of the molecule is Cc1cn([Si](C(C)C)(C(C)C)C(C)C)c2ccccc12. The molecule has 1 heterocycles. The second-order valence-electron chi connectivity index (χ2n) is 7.05. The Kier molecular flexibility index (Phi) is 4.15. The van der Waals surface area contributed by atoms with Crippen LogP contribution in [0, 0.1) is 6.92 Å². The van der Waals surface area contributed by atoms with Gasteiger partial charge in [-0.05, 0) is 41.4 Å². The zero-order valence-corrected chi connectivity index (χ0v) is 15.1. The Balaban J connectivity index is 2.82. The molecule has 0 saturated carbocycles. The third-order valence-electron chi connectivity index (χ3n) is 5.10. The molecule has 2 rings (SSSR count). The van der Waals surface area contributed by atoms with Crippen molar-refractivity contribution in [2.45, 2.75) is 65.1 Å². The lowest BCUT2D eigenvalue weighted by atomic mass is 10.2. The highest BCUT2D eigenvalue weighted by Crippen LogP contribution is 2.44. The van der Waals surface area contributed by atoms with Crippen molar-refractivity contribution in [3.05, 3.63) is 36.0 Å². The Morgan fingerprint density at radius 3 is 1.85 bits per heavy atom. The van der Waals surface area contributed by atoms with Gasteiger partial charge in [0.15, 0.2) is 8.24 Å². The normalized spacial score (nSPS) is 13.1. The molecule has 0 bridgehead atoms. The molecule has 0 aliphatic heterocycles. The van der Waals surface area contributed by atoms with Crippen LogP contribution >= 0.6 is 0 Å². The van der Waals surface area contributed by atoms with Gasteiger partial charge < -0.3 is 4.23 Å². The number of aromatic nitrogens is 1. The molecule has 0 aliphatic carbocycles. The minimum atomic E-state index is -1.63. The van der Waals surface area contributed by atoms with Gasteiger partial charge in [0.1, 0.15) is 0 Å². The van der Waals surface area contributed by atoms with Gasteiger partial charge in [0, 0.05) is 10.9 Å². The van der Waals surface area contributed by atoms with Gasteiger partial charge in [-0.15, -0.1) is 0 Å². The van der Waals surface area contributed by atoms with Gasteiger partial charge in [-0.2, -0.15) is 0 Å². The van der Waals surface area contributed by atoms with Crippen molar-refractivity contribution >= 4 is 19.1 Å². The quantitative estimate of drug-likeness (QED) is 0.610. The van der Waals surface area contributed by atoms with Crippen molar-refractivity contribution < 1.29 is 0 Å². The Hall–Kier alpha value is -1.02. The molecule has 0 aliphatic rings. The number of fused-ring (bicyclic) bond motifs is 1. The number of rotatable bonds is 4. The Morgan fingerprint density at radius 1 is 0.850 bits per heavy atom. The van der Waals surface area contributed by atoms with E-state index in [2.05, 4.69) is 83.2 Å². The zero-order chi connectivity index (χ0) is 15.1. The predicted octanol–water partition coefficient (Wildman–Crippen LogP) is 5.97. The van der Waals surface area contributed by atoms with E-state index in [-0.39, 0.29) is 0 Å². The van der Waals surface area contributed by atoms with Crippen molar-refractivity contribution in [1.29, 1.82) is 0 Å². The zero-order valence-electron chi connectivity index (χ0n) is 14.1. The lowest BCUT2D eigenvalue weighted by Crippen LogP contribution is -2.51. The standard InChI is InChI=1S/C18H29NSi/c1-13(2)20(14(3)4,15(5)6)19-12-16(7)17-10-8-9-11-18(17)19/h8-15H,1-7H3. The van der Waals surface area contributed by atoms with E-state index in [1.54, 1.807) is 0 Å². The third-order valence-corrected chi connectivity index (χ3v) is 11.9. The van der Waals surface area contributed by atoms with Crippen LogP contribution in [0.1, 0.15) is 47.1 Å². The smallest absolute Gasteiger partial charge is 0.169 e. The maximum atomic E-state index is 2.71. The van der Waals surface area contributed by atoms with Crippen molar-refractivity contribution in [1.82, 2.24) is 4.23 Å². The van der Waals surface area contributed by atoms with Crippen molar-refractivity contribution in [2.75, 3.05) is 0 Å². The molecule has 2 aromatic rings. The van der Waals surface area contributed by atoms with E-state index in [1.807, 2.05) is 0 Å². The van der Waals surface area contributed by atoms with Gasteiger partial charge in [-0.1, -0.05) is 59.7 Å². The van der Waals surface area contributed by atoms with Crippen LogP contribution in [0.25, 0.3) is 10.9 Å². The Morgan fingerprint density at radius 2 is 1.35 bits per heavy atom. The fourth-order valence-corrected chi connectivity index (χ4v) is 11.2. The van der Waals surface area contributed by atoms with Crippen LogP contribution in [0.4, 0.5) is 0 Å². The number of nitrogens with zero attached hydrogens (tertiary/aromatic N) is 1. The van der Waals surface area contributed by atoms with Crippen LogP contribution in [-0.2, 0) is 0 Å². The summed E-state index contributed by atoms with van der Waals surface area (Å²) < 4.78 is 2.71.